The van der Waals surface area contributed by atoms with Gasteiger partial charge in [-0.3, -0.25) is 0 Å². The van der Waals surface area contributed by atoms with Gasteiger partial charge in [0, 0.05) is 12.1 Å². The Balaban J connectivity index is 1.50. The monoisotopic (exact) mass is 401 g/mol. The first-order valence-electron chi connectivity index (χ1n) is 10.7. The van der Waals surface area contributed by atoms with Gasteiger partial charge in [0.15, 0.2) is 0 Å². The van der Waals surface area contributed by atoms with Crippen molar-refractivity contribution in [3.05, 3.63) is 83.4 Å². The average Bonchev–Trinajstić information content (AvgIpc) is 2.77. The lowest BCUT2D eigenvalue weighted by Gasteiger charge is -2.27. The summed E-state index contributed by atoms with van der Waals surface area (Å²) < 4.78 is 11.7. The average molecular weight is 402 g/mol. The summed E-state index contributed by atoms with van der Waals surface area (Å²) in [6, 6.07) is 23.3. The van der Waals surface area contributed by atoms with E-state index in [1.54, 1.807) is 7.11 Å². The molecule has 1 aliphatic carbocycles. The Morgan fingerprint density at radius 2 is 1.70 bits per heavy atom. The molecular formula is C27H31NO2. The van der Waals surface area contributed by atoms with Crippen molar-refractivity contribution in [2.24, 2.45) is 5.92 Å². The standard InChI is InChI=1S/C27H31NO2/c1-28(2)18-20-9-10-23-16-26(12-11-22(23)15-20)30-19-24-17-25(29-3)13-14-27(24)21-7-5-4-6-8-21/h4-8,11-14,16-17,20H,9-10,15,18-19H2,1-3H3. The van der Waals surface area contributed by atoms with Crippen LogP contribution in [0, 0.1) is 5.92 Å². The zero-order valence-corrected chi connectivity index (χ0v) is 18.2. The van der Waals surface area contributed by atoms with E-state index < -0.39 is 0 Å². The first-order valence-corrected chi connectivity index (χ1v) is 10.7. The fourth-order valence-corrected chi connectivity index (χ4v) is 4.45. The Kier molecular flexibility index (Phi) is 6.39. The second kappa shape index (κ2) is 9.36. The fourth-order valence-electron chi connectivity index (χ4n) is 4.45. The Morgan fingerprint density at radius 1 is 0.900 bits per heavy atom. The molecule has 156 valence electrons. The highest BCUT2D eigenvalue weighted by Crippen LogP contribution is 2.31. The number of benzene rings is 3. The summed E-state index contributed by atoms with van der Waals surface area (Å²) in [5.41, 5.74) is 6.42. The van der Waals surface area contributed by atoms with Crippen molar-refractivity contribution in [1.82, 2.24) is 4.90 Å². The molecule has 0 radical (unpaired) electrons. The highest BCUT2D eigenvalue weighted by Gasteiger charge is 2.19. The molecule has 3 nitrogen and oxygen atoms in total. The Bertz CT molecular complexity index is 981. The number of nitrogens with zero attached hydrogens (tertiary/aromatic N) is 1. The third-order valence-corrected chi connectivity index (χ3v) is 5.92. The summed E-state index contributed by atoms with van der Waals surface area (Å²) in [6.07, 6.45) is 3.56. The number of fused-ring (bicyclic) bond motifs is 1. The molecule has 0 bridgehead atoms. The quantitative estimate of drug-likeness (QED) is 0.514. The molecule has 0 saturated heterocycles. The van der Waals surface area contributed by atoms with Crippen molar-refractivity contribution in [1.29, 1.82) is 0 Å². The lowest BCUT2D eigenvalue weighted by molar-refractivity contribution is 0.297. The van der Waals surface area contributed by atoms with E-state index in [1.807, 2.05) is 12.1 Å². The van der Waals surface area contributed by atoms with Crippen LogP contribution in [-0.2, 0) is 19.4 Å². The normalized spacial score (nSPS) is 15.7. The molecule has 0 spiro atoms. The maximum absolute atomic E-state index is 6.25. The molecule has 1 atom stereocenters. The van der Waals surface area contributed by atoms with Gasteiger partial charge in [-0.15, -0.1) is 0 Å². The molecule has 30 heavy (non-hydrogen) atoms. The van der Waals surface area contributed by atoms with Gasteiger partial charge in [-0.25, -0.2) is 0 Å². The summed E-state index contributed by atoms with van der Waals surface area (Å²) in [5.74, 6) is 2.55. The van der Waals surface area contributed by atoms with Crippen LogP contribution in [0.3, 0.4) is 0 Å². The molecule has 3 aromatic rings. The third-order valence-electron chi connectivity index (χ3n) is 5.92. The van der Waals surface area contributed by atoms with Crippen LogP contribution >= 0.6 is 0 Å². The summed E-state index contributed by atoms with van der Waals surface area (Å²) in [7, 11) is 6.03. The molecule has 3 aromatic carbocycles. The molecule has 3 heteroatoms. The first-order chi connectivity index (χ1) is 14.6. The molecule has 0 N–H and O–H groups in total. The minimum Gasteiger partial charge on any atom is -0.497 e. The van der Waals surface area contributed by atoms with Crippen LogP contribution in [0.15, 0.2) is 66.7 Å². The number of rotatable bonds is 7. The van der Waals surface area contributed by atoms with Crippen LogP contribution in [-0.4, -0.2) is 32.6 Å². The molecular weight excluding hydrogens is 370 g/mol. The molecule has 1 unspecified atom stereocenters. The number of hydrogen-bond donors (Lipinski definition) is 0. The summed E-state index contributed by atoms with van der Waals surface area (Å²) in [6.45, 7) is 1.68. The van der Waals surface area contributed by atoms with Crippen molar-refractivity contribution < 1.29 is 9.47 Å². The van der Waals surface area contributed by atoms with E-state index in [-0.39, 0.29) is 0 Å². The zero-order valence-electron chi connectivity index (χ0n) is 18.2. The molecule has 0 heterocycles. The molecule has 0 fully saturated rings. The fraction of sp³-hybridized carbons (Fsp3) is 0.333. The highest BCUT2D eigenvalue weighted by atomic mass is 16.5. The summed E-state index contributed by atoms with van der Waals surface area (Å²) in [4.78, 5) is 2.30. The predicted molar refractivity (Wildman–Crippen MR) is 123 cm³/mol. The third kappa shape index (κ3) is 4.85. The van der Waals surface area contributed by atoms with E-state index in [0.717, 1.165) is 35.9 Å². The van der Waals surface area contributed by atoms with E-state index >= 15 is 0 Å². The lowest BCUT2D eigenvalue weighted by Crippen LogP contribution is -2.26. The van der Waals surface area contributed by atoms with Crippen LogP contribution in [0.5, 0.6) is 11.5 Å². The van der Waals surface area contributed by atoms with Crippen LogP contribution in [0.2, 0.25) is 0 Å². The SMILES string of the molecule is COc1ccc(-c2ccccc2)c(COc2ccc3c(c2)CCC(CN(C)C)C3)c1. The maximum atomic E-state index is 6.25. The Hall–Kier alpha value is -2.78. The number of ether oxygens (including phenoxy) is 2. The van der Waals surface area contributed by atoms with Crippen molar-refractivity contribution in [2.75, 3.05) is 27.7 Å². The van der Waals surface area contributed by atoms with Gasteiger partial charge >= 0.3 is 0 Å². The predicted octanol–water partition coefficient (Wildman–Crippen LogP) is 5.61. The van der Waals surface area contributed by atoms with Gasteiger partial charge in [-0.2, -0.15) is 0 Å². The van der Waals surface area contributed by atoms with Crippen molar-refractivity contribution in [2.45, 2.75) is 25.9 Å². The van der Waals surface area contributed by atoms with Crippen molar-refractivity contribution in [3.8, 4) is 22.6 Å². The Labute approximate surface area is 180 Å². The molecule has 4 rings (SSSR count). The minimum atomic E-state index is 0.517. The zero-order chi connectivity index (χ0) is 20.9. The first kappa shape index (κ1) is 20.5. The number of hydrogen-bond acceptors (Lipinski definition) is 3. The van der Waals surface area contributed by atoms with Gasteiger partial charge in [-0.1, -0.05) is 42.5 Å². The van der Waals surface area contributed by atoms with Gasteiger partial charge in [0.2, 0.25) is 0 Å². The topological polar surface area (TPSA) is 21.7 Å². The lowest BCUT2D eigenvalue weighted by atomic mass is 9.83. The summed E-state index contributed by atoms with van der Waals surface area (Å²) >= 11 is 0. The van der Waals surface area contributed by atoms with Gasteiger partial charge in [-0.05, 0) is 85.8 Å². The van der Waals surface area contributed by atoms with Crippen molar-refractivity contribution >= 4 is 0 Å². The highest BCUT2D eigenvalue weighted by molar-refractivity contribution is 5.68. The number of methoxy groups -OCH3 is 1. The van der Waals surface area contributed by atoms with Crippen LogP contribution in [0.1, 0.15) is 23.1 Å². The molecule has 0 aromatic heterocycles. The van der Waals surface area contributed by atoms with Crippen LogP contribution < -0.4 is 9.47 Å². The second-order valence-electron chi connectivity index (χ2n) is 8.48. The largest absolute Gasteiger partial charge is 0.497 e. The second-order valence-corrected chi connectivity index (χ2v) is 8.48. The number of aryl methyl sites for hydroxylation is 1. The van der Waals surface area contributed by atoms with E-state index in [4.69, 9.17) is 9.47 Å². The van der Waals surface area contributed by atoms with E-state index in [9.17, 15) is 0 Å². The van der Waals surface area contributed by atoms with Crippen LogP contribution in [0.25, 0.3) is 11.1 Å². The van der Waals surface area contributed by atoms with Crippen LogP contribution in [0.4, 0.5) is 0 Å². The smallest absolute Gasteiger partial charge is 0.120 e. The summed E-state index contributed by atoms with van der Waals surface area (Å²) in [5, 5.41) is 0. The molecule has 0 amide bonds. The molecule has 1 aliphatic rings. The van der Waals surface area contributed by atoms with Gasteiger partial charge in [0.25, 0.3) is 0 Å². The van der Waals surface area contributed by atoms with Gasteiger partial charge in [0.1, 0.15) is 18.1 Å². The molecule has 0 saturated carbocycles. The van der Waals surface area contributed by atoms with Crippen molar-refractivity contribution in [3.63, 3.8) is 0 Å². The van der Waals surface area contributed by atoms with Gasteiger partial charge < -0.3 is 14.4 Å². The van der Waals surface area contributed by atoms with Gasteiger partial charge in [0.05, 0.1) is 7.11 Å². The van der Waals surface area contributed by atoms with E-state index in [1.165, 1.54) is 35.1 Å². The van der Waals surface area contributed by atoms with E-state index in [2.05, 4.69) is 73.6 Å². The maximum Gasteiger partial charge on any atom is 0.120 e. The molecule has 0 aliphatic heterocycles. The van der Waals surface area contributed by atoms with E-state index in [0.29, 0.717) is 6.61 Å². The minimum absolute atomic E-state index is 0.517. The Morgan fingerprint density at radius 3 is 2.47 bits per heavy atom.